The summed E-state index contributed by atoms with van der Waals surface area (Å²) in [6, 6.07) is -2.32. The maximum absolute atomic E-state index is 15.6. The lowest BCUT2D eigenvalue weighted by Gasteiger charge is -2.35. The van der Waals surface area contributed by atoms with Crippen LogP contribution in [0.2, 0.25) is 0 Å². The Bertz CT molecular complexity index is 1390. The van der Waals surface area contributed by atoms with Crippen molar-refractivity contribution in [1.29, 1.82) is 0 Å². The minimum Gasteiger partial charge on any atom is -0.462 e. The van der Waals surface area contributed by atoms with E-state index in [2.05, 4.69) is 25.1 Å². The molecule has 0 amide bonds. The number of nitrogens with two attached hydrogens (primary N) is 1. The molecule has 6 N–H and O–H groups in total. The molecular weight excluding hydrogens is 622 g/mol. The molecule has 1 fully saturated rings. The van der Waals surface area contributed by atoms with Crippen LogP contribution in [0.1, 0.15) is 47.8 Å². The number of H-pyrrole nitrogens is 1. The van der Waals surface area contributed by atoms with Gasteiger partial charge in [-0.25, -0.2) is 28.3 Å². The summed E-state index contributed by atoms with van der Waals surface area (Å²) in [5.41, 5.74) is 1.18. The lowest BCUT2D eigenvalue weighted by atomic mass is 9.98. The zero-order valence-electron chi connectivity index (χ0n) is 24.1. The number of carbonyl (C=O) groups is 2. The number of aliphatic hydroxyl groups is 1. The molecule has 1 saturated heterocycles. The van der Waals surface area contributed by atoms with Gasteiger partial charge in [-0.3, -0.25) is 23.9 Å². The number of aromatic nitrogens is 4. The fraction of sp³-hybridized carbons (Fsp3) is 0.696. The predicted molar refractivity (Wildman–Crippen MR) is 150 cm³/mol. The Hall–Kier alpha value is -2.67. The number of hydrogen-bond donors (Lipinski definition) is 5. The highest BCUT2D eigenvalue weighted by Crippen LogP contribution is 2.48. The van der Waals surface area contributed by atoms with Crippen molar-refractivity contribution < 1.29 is 46.6 Å². The zero-order chi connectivity index (χ0) is 32.4. The van der Waals surface area contributed by atoms with Gasteiger partial charge >= 0.3 is 11.9 Å². The monoisotopic (exact) mass is 657 g/mol. The van der Waals surface area contributed by atoms with Gasteiger partial charge in [0.25, 0.3) is 12.0 Å². The number of aliphatic hydroxyl groups excluding tert-OH is 1. The molecule has 1 aliphatic rings. The number of fused-ring (bicyclic) bond motifs is 1. The molecule has 2 aromatic rings. The minimum absolute atomic E-state index is 0.257. The van der Waals surface area contributed by atoms with E-state index in [1.54, 1.807) is 27.7 Å². The van der Waals surface area contributed by atoms with Gasteiger partial charge in [-0.15, -0.1) is 0 Å². The first-order valence-corrected chi connectivity index (χ1v) is 15.8. The summed E-state index contributed by atoms with van der Waals surface area (Å²) in [6.45, 7) is 4.05. The fourth-order valence-corrected chi connectivity index (χ4v) is 7.02. The van der Waals surface area contributed by atoms with Crippen LogP contribution in [-0.2, 0) is 40.1 Å². The quantitative estimate of drug-likeness (QED) is 0.151. The molecule has 6 atom stereocenters. The second-order valence-corrected chi connectivity index (χ2v) is 13.8. The van der Waals surface area contributed by atoms with Crippen LogP contribution in [0.4, 0.5) is 19.1 Å². The summed E-state index contributed by atoms with van der Waals surface area (Å²) < 4.78 is 67.2. The van der Waals surface area contributed by atoms with Crippen molar-refractivity contribution in [3.05, 3.63) is 16.7 Å². The Morgan fingerprint density at radius 1 is 1.19 bits per heavy atom. The number of nitrogens with zero attached hydrogens (tertiary/aromatic N) is 3. The van der Waals surface area contributed by atoms with Gasteiger partial charge in [0, 0.05) is 0 Å². The first-order chi connectivity index (χ1) is 19.9. The van der Waals surface area contributed by atoms with Crippen molar-refractivity contribution in [2.45, 2.75) is 96.4 Å². The van der Waals surface area contributed by atoms with E-state index < -0.39 is 85.5 Å². The third-order valence-electron chi connectivity index (χ3n) is 6.10. The van der Waals surface area contributed by atoms with Crippen LogP contribution in [0.25, 0.3) is 11.2 Å². The SMILES string of the molecule is CC(C)OC(=O)C(C)NP(=S)(NC(C)C(=O)OC(C)C)OCC1(C(F)F)OC(n2cnc3c(=O)[nH]c(N)nc32)C(O)C1F. The standard InChI is InChI=1S/C23H35F3N7O8PS/c1-9(2)39-19(36)11(5)31-42(43,32-12(6)20(37)40-10(3)4)38-7-23(21(25)26)15(24)14(34)18(41-23)33-8-28-13-16(33)29-22(27)30-17(13)35/h8-12,14-15,18,21,34H,7H2,1-6H3,(H2,31,32,43)(H3,27,29,30,35). The molecule has 20 heteroatoms. The highest BCUT2D eigenvalue weighted by Gasteiger charge is 2.62. The second-order valence-electron chi connectivity index (χ2n) is 10.4. The number of anilines is 1. The summed E-state index contributed by atoms with van der Waals surface area (Å²) in [5.74, 6) is -1.87. The molecule has 15 nitrogen and oxygen atoms in total. The minimum atomic E-state index is -3.86. The molecule has 242 valence electrons. The van der Waals surface area contributed by atoms with Crippen LogP contribution in [0.3, 0.4) is 0 Å². The first-order valence-electron chi connectivity index (χ1n) is 13.1. The molecule has 3 heterocycles. The molecule has 3 rings (SSSR count). The number of ether oxygens (including phenoxy) is 3. The van der Waals surface area contributed by atoms with Crippen LogP contribution in [-0.4, -0.2) is 91.8 Å². The topological polar surface area (TPSA) is 205 Å². The van der Waals surface area contributed by atoms with Crippen LogP contribution >= 0.6 is 6.57 Å². The second kappa shape index (κ2) is 13.5. The average Bonchev–Trinajstić information content (AvgIpc) is 3.41. The largest absolute Gasteiger partial charge is 0.462 e. The summed E-state index contributed by atoms with van der Waals surface area (Å²) >= 11 is 5.55. The van der Waals surface area contributed by atoms with Crippen LogP contribution in [0.15, 0.2) is 11.1 Å². The number of alkyl halides is 3. The molecule has 2 aromatic heterocycles. The summed E-state index contributed by atoms with van der Waals surface area (Å²) in [6.07, 6.45) is -10.4. The van der Waals surface area contributed by atoms with Crippen LogP contribution in [0, 0.1) is 0 Å². The van der Waals surface area contributed by atoms with Gasteiger partial charge in [0.15, 0.2) is 35.7 Å². The van der Waals surface area contributed by atoms with Gasteiger partial charge in [0.2, 0.25) is 5.95 Å². The van der Waals surface area contributed by atoms with Crippen molar-refractivity contribution >= 4 is 47.4 Å². The Labute approximate surface area is 249 Å². The number of nitrogens with one attached hydrogen (secondary N) is 3. The van der Waals surface area contributed by atoms with Crippen molar-refractivity contribution in [2.24, 2.45) is 0 Å². The van der Waals surface area contributed by atoms with Gasteiger partial charge in [-0.1, -0.05) is 0 Å². The van der Waals surface area contributed by atoms with E-state index in [0.717, 1.165) is 10.9 Å². The predicted octanol–water partition coefficient (Wildman–Crippen LogP) is 1.03. The Kier molecular flexibility index (Phi) is 11.0. The lowest BCUT2D eigenvalue weighted by molar-refractivity contribution is -0.181. The van der Waals surface area contributed by atoms with E-state index >= 15 is 4.39 Å². The normalized spacial score (nSPS) is 25.3. The third-order valence-corrected chi connectivity index (χ3v) is 9.00. The number of halogens is 3. The molecule has 1 aliphatic heterocycles. The van der Waals surface area contributed by atoms with Gasteiger partial charge in [-0.2, -0.15) is 4.98 Å². The summed E-state index contributed by atoms with van der Waals surface area (Å²) in [5, 5.41) is 16.0. The Morgan fingerprint density at radius 2 is 1.72 bits per heavy atom. The number of esters is 2. The Balaban J connectivity index is 1.94. The molecule has 0 aliphatic carbocycles. The number of imidazole rings is 1. The van der Waals surface area contributed by atoms with Crippen molar-refractivity contribution in [3.63, 3.8) is 0 Å². The number of aromatic amines is 1. The van der Waals surface area contributed by atoms with E-state index in [1.807, 2.05) is 0 Å². The molecule has 0 spiro atoms. The summed E-state index contributed by atoms with van der Waals surface area (Å²) in [4.78, 5) is 47.0. The molecule has 0 saturated carbocycles. The molecule has 43 heavy (non-hydrogen) atoms. The lowest BCUT2D eigenvalue weighted by Crippen LogP contribution is -2.51. The molecule has 0 bridgehead atoms. The van der Waals surface area contributed by atoms with E-state index in [-0.39, 0.29) is 17.1 Å². The van der Waals surface area contributed by atoms with Crippen molar-refractivity contribution in [2.75, 3.05) is 12.3 Å². The van der Waals surface area contributed by atoms with Gasteiger partial charge in [0.05, 0.1) is 25.1 Å². The molecule has 0 radical (unpaired) electrons. The van der Waals surface area contributed by atoms with Crippen molar-refractivity contribution in [1.82, 2.24) is 29.7 Å². The molecular formula is C23H35F3N7O8PS. The average molecular weight is 658 g/mol. The van der Waals surface area contributed by atoms with Crippen LogP contribution in [0.5, 0.6) is 0 Å². The van der Waals surface area contributed by atoms with E-state index in [9.17, 15) is 28.3 Å². The third kappa shape index (κ3) is 7.71. The van der Waals surface area contributed by atoms with Crippen molar-refractivity contribution in [3.8, 4) is 0 Å². The molecule has 0 aromatic carbocycles. The maximum atomic E-state index is 15.6. The number of hydrogen-bond acceptors (Lipinski definition) is 12. The number of nitrogen functional groups attached to an aromatic ring is 1. The van der Waals surface area contributed by atoms with E-state index in [0.29, 0.717) is 0 Å². The fourth-order valence-electron chi connectivity index (χ4n) is 4.08. The first kappa shape index (κ1) is 34.8. The van der Waals surface area contributed by atoms with Crippen LogP contribution < -0.4 is 21.5 Å². The highest BCUT2D eigenvalue weighted by atomic mass is 32.4. The highest BCUT2D eigenvalue weighted by molar-refractivity contribution is 8.10. The van der Waals surface area contributed by atoms with E-state index in [1.165, 1.54) is 13.8 Å². The Morgan fingerprint density at radius 3 is 2.21 bits per heavy atom. The zero-order valence-corrected chi connectivity index (χ0v) is 25.8. The van der Waals surface area contributed by atoms with E-state index in [4.69, 9.17) is 36.3 Å². The maximum Gasteiger partial charge on any atom is 0.323 e. The van der Waals surface area contributed by atoms with Gasteiger partial charge < -0.3 is 29.6 Å². The summed E-state index contributed by atoms with van der Waals surface area (Å²) in [7, 11) is 0. The number of rotatable bonds is 13. The number of carbonyl (C=O) groups excluding carboxylic acids is 2. The van der Waals surface area contributed by atoms with Gasteiger partial charge in [0.1, 0.15) is 18.2 Å². The molecule has 6 unspecified atom stereocenters. The van der Waals surface area contributed by atoms with Gasteiger partial charge in [-0.05, 0) is 53.3 Å². The smallest absolute Gasteiger partial charge is 0.323 e.